The molecule has 2 nitrogen and oxygen atoms in total. The lowest BCUT2D eigenvalue weighted by atomic mass is 10.0. The van der Waals surface area contributed by atoms with Crippen LogP contribution in [0, 0.1) is 5.82 Å². The van der Waals surface area contributed by atoms with Gasteiger partial charge < -0.3 is 5.11 Å². The van der Waals surface area contributed by atoms with Crippen LogP contribution in [-0.2, 0) is 12.4 Å². The maximum Gasteiger partial charge on any atom is 0.419 e. The Labute approximate surface area is 94.6 Å². The van der Waals surface area contributed by atoms with E-state index in [4.69, 9.17) is 5.11 Å². The Hall–Kier alpha value is -1.80. The van der Waals surface area contributed by atoms with E-state index in [0.29, 0.717) is 0 Å². The number of alkyl halides is 6. The van der Waals surface area contributed by atoms with Crippen molar-refractivity contribution >= 4 is 5.97 Å². The summed E-state index contributed by atoms with van der Waals surface area (Å²) in [5.74, 6) is -4.47. The van der Waals surface area contributed by atoms with Crippen molar-refractivity contribution in [1.29, 1.82) is 0 Å². The second kappa shape index (κ2) is 4.14. The van der Waals surface area contributed by atoms with Gasteiger partial charge in [-0.05, 0) is 12.1 Å². The van der Waals surface area contributed by atoms with Gasteiger partial charge in [0.15, 0.2) is 0 Å². The predicted octanol–water partition coefficient (Wildman–Crippen LogP) is 3.56. The van der Waals surface area contributed by atoms with E-state index in [2.05, 4.69) is 0 Å². The van der Waals surface area contributed by atoms with E-state index in [1.807, 2.05) is 0 Å². The second-order valence-corrected chi connectivity index (χ2v) is 3.19. The average molecular weight is 276 g/mol. The van der Waals surface area contributed by atoms with Crippen LogP contribution in [-0.4, -0.2) is 11.1 Å². The number of halogens is 7. The van der Waals surface area contributed by atoms with Gasteiger partial charge in [-0.1, -0.05) is 0 Å². The molecule has 0 saturated carbocycles. The molecular formula is C9H3F7O2. The molecule has 1 rings (SSSR count). The Balaban J connectivity index is 3.63. The first-order valence-electron chi connectivity index (χ1n) is 4.16. The number of rotatable bonds is 1. The van der Waals surface area contributed by atoms with Gasteiger partial charge >= 0.3 is 18.3 Å². The van der Waals surface area contributed by atoms with Crippen LogP contribution in [0.4, 0.5) is 30.7 Å². The van der Waals surface area contributed by atoms with E-state index in [0.717, 1.165) is 0 Å². The number of carboxylic acid groups (broad SMARTS) is 1. The minimum atomic E-state index is -5.42. The van der Waals surface area contributed by atoms with Gasteiger partial charge in [0, 0.05) is 0 Å². The van der Waals surface area contributed by atoms with Gasteiger partial charge in [-0.3, -0.25) is 0 Å². The first-order valence-corrected chi connectivity index (χ1v) is 4.16. The van der Waals surface area contributed by atoms with Crippen LogP contribution in [0.25, 0.3) is 0 Å². The van der Waals surface area contributed by atoms with E-state index in [9.17, 15) is 35.5 Å². The van der Waals surface area contributed by atoms with E-state index in [1.165, 1.54) is 0 Å². The summed E-state index contributed by atoms with van der Waals surface area (Å²) in [4.78, 5) is 10.4. The largest absolute Gasteiger partial charge is 0.478 e. The normalized spacial score (nSPS) is 12.6. The zero-order valence-electron chi connectivity index (χ0n) is 8.16. The molecule has 1 N–H and O–H groups in total. The maximum absolute atomic E-state index is 13.1. The highest BCUT2D eigenvalue weighted by atomic mass is 19.4. The smallest absolute Gasteiger partial charge is 0.419 e. The zero-order valence-corrected chi connectivity index (χ0v) is 8.16. The van der Waals surface area contributed by atoms with Crippen molar-refractivity contribution in [3.63, 3.8) is 0 Å². The van der Waals surface area contributed by atoms with Gasteiger partial charge in [0.1, 0.15) is 5.82 Å². The van der Waals surface area contributed by atoms with E-state index in [-0.39, 0.29) is 6.07 Å². The first-order chi connectivity index (χ1) is 7.94. The molecule has 9 heteroatoms. The van der Waals surface area contributed by atoms with Gasteiger partial charge in [-0.25, -0.2) is 9.18 Å². The topological polar surface area (TPSA) is 37.3 Å². The molecule has 1 aromatic carbocycles. The minimum Gasteiger partial charge on any atom is -0.478 e. The molecule has 0 radical (unpaired) electrons. The van der Waals surface area contributed by atoms with Gasteiger partial charge in [0.05, 0.1) is 16.7 Å². The highest BCUT2D eigenvalue weighted by Crippen LogP contribution is 2.38. The molecule has 0 spiro atoms. The Morgan fingerprint density at radius 3 is 1.83 bits per heavy atom. The molecular weight excluding hydrogens is 273 g/mol. The summed E-state index contributed by atoms with van der Waals surface area (Å²) in [6.07, 6.45) is -10.6. The molecule has 1 aromatic rings. The molecule has 18 heavy (non-hydrogen) atoms. The fraction of sp³-hybridized carbons (Fsp3) is 0.222. The van der Waals surface area contributed by atoms with Crippen molar-refractivity contribution < 1.29 is 40.6 Å². The zero-order chi connectivity index (χ0) is 14.3. The number of carbonyl (C=O) groups is 1. The van der Waals surface area contributed by atoms with Crippen molar-refractivity contribution in [2.75, 3.05) is 0 Å². The summed E-state index contributed by atoms with van der Waals surface area (Å²) in [6.45, 7) is 0. The standard InChI is InChI=1S/C9H3F7O2/c10-6-4(7(17)18)1-3(8(11,12)13)2-5(6)9(14,15)16/h1-2H,(H,17,18). The van der Waals surface area contributed by atoms with Crippen LogP contribution in [0.15, 0.2) is 12.1 Å². The fourth-order valence-electron chi connectivity index (χ4n) is 1.15. The lowest BCUT2D eigenvalue weighted by molar-refractivity contribution is -0.144. The quantitative estimate of drug-likeness (QED) is 0.796. The van der Waals surface area contributed by atoms with E-state index >= 15 is 0 Å². The highest BCUT2D eigenvalue weighted by Gasteiger charge is 2.40. The SMILES string of the molecule is O=C(O)c1cc(C(F)(F)F)cc(C(F)(F)F)c1F. The Kier molecular flexibility index (Phi) is 3.28. The van der Waals surface area contributed by atoms with Gasteiger partial charge in [0.2, 0.25) is 0 Å². The molecule has 0 saturated heterocycles. The van der Waals surface area contributed by atoms with Gasteiger partial charge in [0.25, 0.3) is 0 Å². The summed E-state index contributed by atoms with van der Waals surface area (Å²) >= 11 is 0. The van der Waals surface area contributed by atoms with E-state index < -0.39 is 46.9 Å². The lowest BCUT2D eigenvalue weighted by Crippen LogP contribution is -2.16. The number of aromatic carboxylic acids is 1. The summed E-state index contributed by atoms with van der Waals surface area (Å²) in [5.41, 5.74) is -5.83. The van der Waals surface area contributed by atoms with E-state index in [1.54, 1.807) is 0 Å². The molecule has 0 aliphatic heterocycles. The molecule has 0 aromatic heterocycles. The molecule has 100 valence electrons. The van der Waals surface area contributed by atoms with Crippen molar-refractivity contribution in [1.82, 2.24) is 0 Å². The molecule has 0 heterocycles. The summed E-state index contributed by atoms with van der Waals surface area (Å²) in [7, 11) is 0. The Bertz CT molecular complexity index is 487. The van der Waals surface area contributed by atoms with Crippen molar-refractivity contribution in [2.45, 2.75) is 12.4 Å². The lowest BCUT2D eigenvalue weighted by Gasteiger charge is -2.14. The monoisotopic (exact) mass is 276 g/mol. The third-order valence-corrected chi connectivity index (χ3v) is 1.94. The van der Waals surface area contributed by atoms with Crippen LogP contribution in [0.5, 0.6) is 0 Å². The van der Waals surface area contributed by atoms with Crippen LogP contribution >= 0.6 is 0 Å². The predicted molar refractivity (Wildman–Crippen MR) is 43.4 cm³/mol. The third kappa shape index (κ3) is 2.71. The average Bonchev–Trinajstić information content (AvgIpc) is 2.13. The first kappa shape index (κ1) is 14.3. The van der Waals surface area contributed by atoms with Gasteiger partial charge in [-0.2, -0.15) is 26.3 Å². The molecule has 0 bridgehead atoms. The Morgan fingerprint density at radius 1 is 1.00 bits per heavy atom. The summed E-state index contributed by atoms with van der Waals surface area (Å²) in [5, 5.41) is 8.37. The number of hydrogen-bond donors (Lipinski definition) is 1. The van der Waals surface area contributed by atoms with Crippen LogP contribution < -0.4 is 0 Å². The second-order valence-electron chi connectivity index (χ2n) is 3.19. The van der Waals surface area contributed by atoms with Crippen molar-refractivity contribution in [2.24, 2.45) is 0 Å². The van der Waals surface area contributed by atoms with Crippen LogP contribution in [0.2, 0.25) is 0 Å². The molecule has 0 amide bonds. The Morgan fingerprint density at radius 2 is 1.50 bits per heavy atom. The molecule has 0 fully saturated rings. The number of benzene rings is 1. The van der Waals surface area contributed by atoms with Crippen LogP contribution in [0.3, 0.4) is 0 Å². The molecule has 0 unspecified atom stereocenters. The van der Waals surface area contributed by atoms with Crippen molar-refractivity contribution in [3.8, 4) is 0 Å². The number of carboxylic acids is 1. The minimum absolute atomic E-state index is 0.188. The summed E-state index contributed by atoms with van der Waals surface area (Å²) in [6, 6.07) is -0.658. The molecule has 0 atom stereocenters. The van der Waals surface area contributed by atoms with Gasteiger partial charge in [-0.15, -0.1) is 0 Å². The van der Waals surface area contributed by atoms with Crippen LogP contribution in [0.1, 0.15) is 21.5 Å². The molecule has 0 aliphatic rings. The fourth-order valence-corrected chi connectivity index (χ4v) is 1.15. The highest BCUT2D eigenvalue weighted by molar-refractivity contribution is 5.88. The third-order valence-electron chi connectivity index (χ3n) is 1.94. The summed E-state index contributed by atoms with van der Waals surface area (Å²) < 4.78 is 86.6. The molecule has 0 aliphatic carbocycles. The van der Waals surface area contributed by atoms with Crippen molar-refractivity contribution in [3.05, 3.63) is 34.6 Å². The maximum atomic E-state index is 13.1. The number of hydrogen-bond acceptors (Lipinski definition) is 1.